The van der Waals surface area contributed by atoms with Gasteiger partial charge in [-0.05, 0) is 23.8 Å². The molecule has 0 saturated heterocycles. The Morgan fingerprint density at radius 3 is 3.00 bits per heavy atom. The van der Waals surface area contributed by atoms with Crippen LogP contribution in [0.5, 0.6) is 0 Å². The molecule has 0 aromatic carbocycles. The van der Waals surface area contributed by atoms with Crippen molar-refractivity contribution >= 4 is 5.91 Å². The molecule has 8 nitrogen and oxygen atoms in total. The van der Waals surface area contributed by atoms with Gasteiger partial charge in [-0.2, -0.15) is 0 Å². The summed E-state index contributed by atoms with van der Waals surface area (Å²) in [4.78, 5) is 19.2. The van der Waals surface area contributed by atoms with Gasteiger partial charge in [0.25, 0.3) is 0 Å². The lowest BCUT2D eigenvalue weighted by atomic mass is 10.2. The third kappa shape index (κ3) is 3.60. The molecule has 0 aliphatic heterocycles. The zero-order valence-electron chi connectivity index (χ0n) is 11.0. The molecule has 102 valence electrons. The minimum absolute atomic E-state index is 0.0450. The second-order valence-electron chi connectivity index (χ2n) is 4.30. The molecule has 0 radical (unpaired) electrons. The lowest BCUT2D eigenvalue weighted by molar-refractivity contribution is -0.122. The monoisotopic (exact) mass is 263 g/mol. The maximum absolute atomic E-state index is 11.9. The van der Waals surface area contributed by atoms with Gasteiger partial charge in [0.15, 0.2) is 0 Å². The molecule has 0 saturated carbocycles. The predicted molar refractivity (Wildman–Crippen MR) is 66.9 cm³/mol. The molecular weight excluding hydrogens is 246 g/mol. The van der Waals surface area contributed by atoms with Gasteiger partial charge in [-0.25, -0.2) is 9.67 Å². The van der Waals surface area contributed by atoms with Gasteiger partial charge in [0.2, 0.25) is 5.91 Å². The number of nitrogens with zero attached hydrogens (tertiary/aromatic N) is 5. The van der Waals surface area contributed by atoms with Crippen LogP contribution in [-0.4, -0.2) is 36.1 Å². The zero-order valence-corrected chi connectivity index (χ0v) is 11.0. The minimum Gasteiger partial charge on any atom is -0.346 e. The second-order valence-corrected chi connectivity index (χ2v) is 4.30. The number of H-pyrrole nitrogens is 1. The largest absolute Gasteiger partial charge is 0.346 e. The first kappa shape index (κ1) is 13.2. The molecular formula is C11H17N7O. The van der Waals surface area contributed by atoms with E-state index in [2.05, 4.69) is 30.8 Å². The van der Waals surface area contributed by atoms with Crippen molar-refractivity contribution < 1.29 is 4.79 Å². The molecule has 2 rings (SSSR count). The lowest BCUT2D eigenvalue weighted by Crippen LogP contribution is -2.29. The normalized spacial score (nSPS) is 12.3. The first-order valence-electron chi connectivity index (χ1n) is 6.20. The van der Waals surface area contributed by atoms with E-state index in [1.54, 1.807) is 6.20 Å². The number of aryl methyl sites for hydroxylation is 2. The number of nitrogens with one attached hydrogen (secondary N) is 2. The van der Waals surface area contributed by atoms with E-state index in [0.29, 0.717) is 13.0 Å². The van der Waals surface area contributed by atoms with E-state index in [-0.39, 0.29) is 11.9 Å². The van der Waals surface area contributed by atoms with Crippen LogP contribution in [0.1, 0.15) is 37.3 Å². The highest BCUT2D eigenvalue weighted by Crippen LogP contribution is 2.12. The molecule has 0 unspecified atom stereocenters. The molecule has 1 atom stereocenters. The van der Waals surface area contributed by atoms with Crippen LogP contribution < -0.4 is 5.32 Å². The fraction of sp³-hybridized carbons (Fsp3) is 0.545. The number of aromatic nitrogens is 6. The molecule has 2 aromatic rings. The Morgan fingerprint density at radius 1 is 1.58 bits per heavy atom. The number of carbonyl (C=O) groups excluding carboxylic acids is 1. The van der Waals surface area contributed by atoms with E-state index in [1.165, 1.54) is 11.0 Å². The minimum atomic E-state index is -0.0879. The topological polar surface area (TPSA) is 101 Å². The molecule has 2 heterocycles. The summed E-state index contributed by atoms with van der Waals surface area (Å²) in [7, 11) is 0. The number of hydrogen-bond acceptors (Lipinski definition) is 5. The van der Waals surface area contributed by atoms with Crippen LogP contribution in [0.2, 0.25) is 0 Å². The molecule has 19 heavy (non-hydrogen) atoms. The van der Waals surface area contributed by atoms with Crippen LogP contribution in [0.3, 0.4) is 0 Å². The van der Waals surface area contributed by atoms with Crippen LogP contribution in [0, 0.1) is 6.92 Å². The number of tetrazole rings is 1. The van der Waals surface area contributed by atoms with Crippen LogP contribution in [0.15, 0.2) is 12.5 Å². The SMILES string of the molecule is CC[C@H](NC(=O)CCn1cnnn1)c1ncc(C)[nH]1. The van der Waals surface area contributed by atoms with Crippen molar-refractivity contribution in [1.82, 2.24) is 35.5 Å². The fourth-order valence-corrected chi connectivity index (χ4v) is 1.74. The van der Waals surface area contributed by atoms with Gasteiger partial charge in [0.05, 0.1) is 12.6 Å². The Bertz CT molecular complexity index is 519. The Morgan fingerprint density at radius 2 is 2.42 bits per heavy atom. The average molecular weight is 263 g/mol. The smallest absolute Gasteiger partial charge is 0.222 e. The Labute approximate surface area is 110 Å². The number of amides is 1. The number of aromatic amines is 1. The summed E-state index contributed by atoms with van der Waals surface area (Å²) in [6.45, 7) is 4.40. The quantitative estimate of drug-likeness (QED) is 0.783. The van der Waals surface area contributed by atoms with Gasteiger partial charge < -0.3 is 10.3 Å². The average Bonchev–Trinajstić information content (AvgIpc) is 3.04. The Hall–Kier alpha value is -2.25. The number of hydrogen-bond donors (Lipinski definition) is 2. The highest BCUT2D eigenvalue weighted by Gasteiger charge is 2.15. The molecule has 1 amide bonds. The van der Waals surface area contributed by atoms with Gasteiger partial charge in [0.1, 0.15) is 12.2 Å². The van der Waals surface area contributed by atoms with E-state index in [0.717, 1.165) is 17.9 Å². The Kier molecular flexibility index (Phi) is 4.22. The van der Waals surface area contributed by atoms with Crippen molar-refractivity contribution in [3.63, 3.8) is 0 Å². The second kappa shape index (κ2) is 6.07. The molecule has 8 heteroatoms. The summed E-state index contributed by atoms with van der Waals surface area (Å²) >= 11 is 0. The van der Waals surface area contributed by atoms with Gasteiger partial charge >= 0.3 is 0 Å². The van der Waals surface area contributed by atoms with E-state index in [4.69, 9.17) is 0 Å². The van der Waals surface area contributed by atoms with Crippen molar-refractivity contribution in [3.05, 3.63) is 24.0 Å². The summed E-state index contributed by atoms with van der Waals surface area (Å²) in [5.41, 5.74) is 0.983. The van der Waals surface area contributed by atoms with Crippen molar-refractivity contribution in [2.75, 3.05) is 0 Å². The highest BCUT2D eigenvalue weighted by atomic mass is 16.1. The van der Waals surface area contributed by atoms with E-state index >= 15 is 0 Å². The third-order valence-electron chi connectivity index (χ3n) is 2.76. The molecule has 0 fully saturated rings. The van der Waals surface area contributed by atoms with E-state index in [1.807, 2.05) is 13.8 Å². The van der Waals surface area contributed by atoms with Gasteiger partial charge in [-0.1, -0.05) is 6.92 Å². The van der Waals surface area contributed by atoms with Crippen molar-refractivity contribution in [2.45, 2.75) is 39.3 Å². The lowest BCUT2D eigenvalue weighted by Gasteiger charge is -2.14. The molecule has 0 bridgehead atoms. The summed E-state index contributed by atoms with van der Waals surface area (Å²) < 4.78 is 1.53. The molecule has 0 spiro atoms. The number of rotatable bonds is 6. The van der Waals surface area contributed by atoms with Crippen molar-refractivity contribution in [3.8, 4) is 0 Å². The first-order chi connectivity index (χ1) is 9.19. The van der Waals surface area contributed by atoms with E-state index in [9.17, 15) is 4.79 Å². The summed E-state index contributed by atoms with van der Waals surface area (Å²) in [5.74, 6) is 0.743. The number of imidazole rings is 1. The first-order valence-corrected chi connectivity index (χ1v) is 6.20. The summed E-state index contributed by atoms with van der Waals surface area (Å²) in [6, 6.07) is -0.0879. The van der Waals surface area contributed by atoms with Crippen LogP contribution in [0.4, 0.5) is 0 Å². The molecule has 2 N–H and O–H groups in total. The standard InChI is InChI=1S/C11H17N7O/c1-3-9(11-12-6-8(2)14-11)15-10(19)4-5-18-7-13-16-17-18/h6-7,9H,3-5H2,1-2H3,(H,12,14)(H,15,19)/t9-/m0/s1. The Balaban J connectivity index is 1.86. The van der Waals surface area contributed by atoms with Gasteiger partial charge in [0, 0.05) is 18.3 Å². The maximum atomic E-state index is 11.9. The third-order valence-corrected chi connectivity index (χ3v) is 2.76. The summed E-state index contributed by atoms with van der Waals surface area (Å²) in [5, 5.41) is 13.7. The highest BCUT2D eigenvalue weighted by molar-refractivity contribution is 5.76. The zero-order chi connectivity index (χ0) is 13.7. The van der Waals surface area contributed by atoms with Gasteiger partial charge in [-0.3, -0.25) is 4.79 Å². The van der Waals surface area contributed by atoms with E-state index < -0.39 is 0 Å². The maximum Gasteiger partial charge on any atom is 0.222 e. The van der Waals surface area contributed by atoms with Crippen molar-refractivity contribution in [1.29, 1.82) is 0 Å². The van der Waals surface area contributed by atoms with Crippen molar-refractivity contribution in [2.24, 2.45) is 0 Å². The van der Waals surface area contributed by atoms with Crippen LogP contribution in [0.25, 0.3) is 0 Å². The predicted octanol–water partition coefficient (Wildman–Crippen LogP) is 0.362. The van der Waals surface area contributed by atoms with Crippen LogP contribution >= 0.6 is 0 Å². The van der Waals surface area contributed by atoms with Gasteiger partial charge in [-0.15, -0.1) is 5.10 Å². The number of carbonyl (C=O) groups is 1. The molecule has 0 aliphatic carbocycles. The fourth-order valence-electron chi connectivity index (χ4n) is 1.74. The van der Waals surface area contributed by atoms with Crippen LogP contribution in [-0.2, 0) is 11.3 Å². The molecule has 0 aliphatic rings. The summed E-state index contributed by atoms with van der Waals surface area (Å²) in [6.07, 6.45) is 4.36. The molecule has 2 aromatic heterocycles.